The van der Waals surface area contributed by atoms with Crippen LogP contribution in [-0.4, -0.2) is 37.1 Å². The number of amides is 2. The van der Waals surface area contributed by atoms with Crippen molar-refractivity contribution in [2.24, 2.45) is 0 Å². The van der Waals surface area contributed by atoms with Crippen LogP contribution < -0.4 is 5.32 Å². The number of carbonyl (C=O) groups is 2. The van der Waals surface area contributed by atoms with Gasteiger partial charge in [-0.2, -0.15) is 0 Å². The Hall–Kier alpha value is -1.10. The molecule has 1 aliphatic rings. The number of nitrogens with one attached hydrogen (secondary N) is 1. The summed E-state index contributed by atoms with van der Waals surface area (Å²) < 4.78 is 0. The van der Waals surface area contributed by atoms with Crippen molar-refractivity contribution in [3.8, 4) is 0 Å². The lowest BCUT2D eigenvalue weighted by molar-refractivity contribution is -0.170. The van der Waals surface area contributed by atoms with Crippen molar-refractivity contribution in [2.75, 3.05) is 14.2 Å². The zero-order chi connectivity index (χ0) is 9.14. The maximum absolute atomic E-state index is 11.3. The topological polar surface area (TPSA) is 58.6 Å². The van der Waals surface area contributed by atoms with Crippen molar-refractivity contribution in [1.82, 2.24) is 10.4 Å². The average Bonchev–Trinajstić information content (AvgIpc) is 2.49. The van der Waals surface area contributed by atoms with Gasteiger partial charge < -0.3 is 5.32 Å². The Labute approximate surface area is 70.6 Å². The lowest BCUT2D eigenvalue weighted by atomic mass is 10.2. The van der Waals surface area contributed by atoms with Gasteiger partial charge in [0.2, 0.25) is 5.91 Å². The quantitative estimate of drug-likeness (QED) is 0.559. The van der Waals surface area contributed by atoms with Crippen LogP contribution in [0.4, 0.5) is 0 Å². The average molecular weight is 172 g/mol. The molecule has 1 fully saturated rings. The SMILES string of the molecule is CON(C)C(=O)C1CCC(=O)N1. The van der Waals surface area contributed by atoms with Crippen LogP contribution in [0.2, 0.25) is 0 Å². The van der Waals surface area contributed by atoms with Crippen molar-refractivity contribution in [1.29, 1.82) is 0 Å². The highest BCUT2D eigenvalue weighted by Gasteiger charge is 2.29. The summed E-state index contributed by atoms with van der Waals surface area (Å²) in [6, 6.07) is -0.401. The molecule has 1 atom stereocenters. The van der Waals surface area contributed by atoms with E-state index in [0.717, 1.165) is 5.06 Å². The Morgan fingerprint density at radius 3 is 2.83 bits per heavy atom. The van der Waals surface area contributed by atoms with Gasteiger partial charge in [0.25, 0.3) is 5.91 Å². The number of nitrogens with zero attached hydrogens (tertiary/aromatic N) is 1. The fourth-order valence-corrected chi connectivity index (χ4v) is 1.11. The number of hydrogen-bond acceptors (Lipinski definition) is 3. The first-order valence-electron chi connectivity index (χ1n) is 3.76. The predicted octanol–water partition coefficient (Wildman–Crippen LogP) is -0.715. The Morgan fingerprint density at radius 1 is 1.75 bits per heavy atom. The van der Waals surface area contributed by atoms with Gasteiger partial charge in [-0.05, 0) is 6.42 Å². The van der Waals surface area contributed by atoms with Gasteiger partial charge in [-0.3, -0.25) is 14.4 Å². The molecule has 12 heavy (non-hydrogen) atoms. The van der Waals surface area contributed by atoms with Crippen LogP contribution in [0.15, 0.2) is 0 Å². The second-order valence-electron chi connectivity index (χ2n) is 2.68. The minimum Gasteiger partial charge on any atom is -0.344 e. The molecule has 1 heterocycles. The van der Waals surface area contributed by atoms with Gasteiger partial charge in [0.05, 0.1) is 7.11 Å². The van der Waals surface area contributed by atoms with Gasteiger partial charge in [0.1, 0.15) is 6.04 Å². The van der Waals surface area contributed by atoms with Crippen molar-refractivity contribution in [2.45, 2.75) is 18.9 Å². The Morgan fingerprint density at radius 2 is 2.42 bits per heavy atom. The second kappa shape index (κ2) is 3.53. The third kappa shape index (κ3) is 1.73. The molecule has 0 aliphatic carbocycles. The van der Waals surface area contributed by atoms with Gasteiger partial charge in [0.15, 0.2) is 0 Å². The molecule has 1 saturated heterocycles. The fourth-order valence-electron chi connectivity index (χ4n) is 1.11. The molecule has 1 unspecified atom stereocenters. The molecule has 0 saturated carbocycles. The van der Waals surface area contributed by atoms with E-state index in [0.29, 0.717) is 12.8 Å². The van der Waals surface area contributed by atoms with Crippen LogP contribution in [0, 0.1) is 0 Å². The van der Waals surface area contributed by atoms with E-state index >= 15 is 0 Å². The van der Waals surface area contributed by atoms with E-state index in [-0.39, 0.29) is 11.8 Å². The van der Waals surface area contributed by atoms with E-state index < -0.39 is 6.04 Å². The molecular formula is C7H12N2O3. The van der Waals surface area contributed by atoms with E-state index in [9.17, 15) is 9.59 Å². The van der Waals surface area contributed by atoms with Crippen molar-refractivity contribution in [3.63, 3.8) is 0 Å². The number of likely N-dealkylation sites (N-methyl/N-ethyl adjacent to an activating group) is 1. The number of carbonyl (C=O) groups excluding carboxylic acids is 2. The molecule has 1 rings (SSSR count). The van der Waals surface area contributed by atoms with Crippen LogP contribution in [0.3, 0.4) is 0 Å². The van der Waals surface area contributed by atoms with Gasteiger partial charge in [-0.1, -0.05) is 0 Å². The zero-order valence-corrected chi connectivity index (χ0v) is 7.16. The van der Waals surface area contributed by atoms with E-state index in [4.69, 9.17) is 4.84 Å². The summed E-state index contributed by atoms with van der Waals surface area (Å²) >= 11 is 0. The smallest absolute Gasteiger partial charge is 0.268 e. The molecule has 0 aromatic rings. The molecule has 0 radical (unpaired) electrons. The summed E-state index contributed by atoms with van der Waals surface area (Å²) in [7, 11) is 2.93. The fraction of sp³-hybridized carbons (Fsp3) is 0.714. The van der Waals surface area contributed by atoms with Gasteiger partial charge in [-0.25, -0.2) is 5.06 Å². The van der Waals surface area contributed by atoms with Crippen LogP contribution in [0.5, 0.6) is 0 Å². The minimum atomic E-state index is -0.401. The summed E-state index contributed by atoms with van der Waals surface area (Å²) in [5.74, 6) is -0.277. The minimum absolute atomic E-state index is 0.0714. The summed E-state index contributed by atoms with van der Waals surface area (Å²) in [4.78, 5) is 26.7. The Balaban J connectivity index is 2.48. The largest absolute Gasteiger partial charge is 0.344 e. The zero-order valence-electron chi connectivity index (χ0n) is 7.16. The lowest BCUT2D eigenvalue weighted by Crippen LogP contribution is -2.42. The van der Waals surface area contributed by atoms with Gasteiger partial charge in [0, 0.05) is 13.5 Å². The van der Waals surface area contributed by atoms with Gasteiger partial charge in [-0.15, -0.1) is 0 Å². The van der Waals surface area contributed by atoms with Crippen molar-refractivity contribution >= 4 is 11.8 Å². The van der Waals surface area contributed by atoms with Crippen LogP contribution in [0.25, 0.3) is 0 Å². The maximum Gasteiger partial charge on any atom is 0.268 e. The van der Waals surface area contributed by atoms with Crippen LogP contribution in [0.1, 0.15) is 12.8 Å². The van der Waals surface area contributed by atoms with Crippen LogP contribution in [-0.2, 0) is 14.4 Å². The van der Waals surface area contributed by atoms with Crippen molar-refractivity contribution < 1.29 is 14.4 Å². The molecule has 1 aliphatic heterocycles. The van der Waals surface area contributed by atoms with Crippen LogP contribution >= 0.6 is 0 Å². The molecule has 0 aromatic heterocycles. The third-order valence-corrected chi connectivity index (χ3v) is 1.88. The Kier molecular flexibility index (Phi) is 2.65. The molecule has 2 amide bonds. The standard InChI is InChI=1S/C7H12N2O3/c1-9(12-2)7(11)5-3-4-6(10)8-5/h5H,3-4H2,1-2H3,(H,8,10). The third-order valence-electron chi connectivity index (χ3n) is 1.88. The molecule has 1 N–H and O–H groups in total. The highest BCUT2D eigenvalue weighted by atomic mass is 16.7. The van der Waals surface area contributed by atoms with E-state index in [2.05, 4.69) is 5.32 Å². The van der Waals surface area contributed by atoms with Gasteiger partial charge >= 0.3 is 0 Å². The summed E-state index contributed by atoms with van der Waals surface area (Å²) in [5, 5.41) is 3.68. The molecule has 0 spiro atoms. The number of hydroxylamine groups is 2. The molecular weight excluding hydrogens is 160 g/mol. The summed E-state index contributed by atoms with van der Waals surface area (Å²) in [6.07, 6.45) is 0.985. The molecule has 68 valence electrons. The van der Waals surface area contributed by atoms with E-state index in [1.54, 1.807) is 0 Å². The number of hydrogen-bond donors (Lipinski definition) is 1. The first kappa shape index (κ1) is 8.99. The van der Waals surface area contributed by atoms with E-state index in [1.165, 1.54) is 14.2 Å². The van der Waals surface area contributed by atoms with Crippen molar-refractivity contribution in [3.05, 3.63) is 0 Å². The Bertz CT molecular complexity index is 205. The first-order chi connectivity index (χ1) is 5.65. The lowest BCUT2D eigenvalue weighted by Gasteiger charge is -2.17. The molecule has 0 bridgehead atoms. The predicted molar refractivity (Wildman–Crippen MR) is 40.9 cm³/mol. The normalized spacial score (nSPS) is 22.2. The summed E-state index contributed by atoms with van der Waals surface area (Å²) in [6.45, 7) is 0. The monoisotopic (exact) mass is 172 g/mol. The second-order valence-corrected chi connectivity index (χ2v) is 2.68. The number of rotatable bonds is 2. The maximum atomic E-state index is 11.3. The highest BCUT2D eigenvalue weighted by molar-refractivity contribution is 5.90. The molecule has 5 heteroatoms. The summed E-state index contributed by atoms with van der Waals surface area (Å²) in [5.41, 5.74) is 0. The first-order valence-corrected chi connectivity index (χ1v) is 3.76. The van der Waals surface area contributed by atoms with E-state index in [1.807, 2.05) is 0 Å². The highest BCUT2D eigenvalue weighted by Crippen LogP contribution is 2.08. The molecule has 5 nitrogen and oxygen atoms in total. The molecule has 0 aromatic carbocycles.